The van der Waals surface area contributed by atoms with Gasteiger partial charge < -0.3 is 19.7 Å². The number of alkyl halides is 3. The zero-order valence-corrected chi connectivity index (χ0v) is 18.5. The normalized spacial score (nSPS) is 17.5. The molecule has 2 aromatic rings. The topological polar surface area (TPSA) is 54.0 Å². The molecule has 0 radical (unpaired) electrons. The van der Waals surface area contributed by atoms with Crippen LogP contribution in [0.4, 0.5) is 18.9 Å². The molecule has 2 heterocycles. The molecule has 0 aliphatic carbocycles. The molecule has 2 aromatic carbocycles. The van der Waals surface area contributed by atoms with E-state index in [0.29, 0.717) is 37.6 Å². The van der Waals surface area contributed by atoms with Gasteiger partial charge in [-0.3, -0.25) is 9.69 Å². The number of amides is 1. The molecule has 1 amide bonds. The first-order valence-corrected chi connectivity index (χ1v) is 11.0. The van der Waals surface area contributed by atoms with Crippen molar-refractivity contribution in [3.63, 3.8) is 0 Å². The third kappa shape index (κ3) is 5.78. The Bertz CT molecular complexity index is 954. The van der Waals surface area contributed by atoms with Crippen LogP contribution in [0.25, 0.3) is 0 Å². The van der Waals surface area contributed by atoms with Crippen LogP contribution in [0.15, 0.2) is 42.5 Å². The number of carbonyl (C=O) groups excluding carboxylic acids is 1. The number of anilines is 1. The van der Waals surface area contributed by atoms with Gasteiger partial charge in [-0.1, -0.05) is 18.2 Å². The predicted molar refractivity (Wildman–Crippen MR) is 118 cm³/mol. The Labute approximate surface area is 191 Å². The van der Waals surface area contributed by atoms with Crippen LogP contribution in [0, 0.1) is 5.92 Å². The Morgan fingerprint density at radius 3 is 2.39 bits per heavy atom. The number of halogens is 3. The van der Waals surface area contributed by atoms with Crippen LogP contribution >= 0.6 is 0 Å². The van der Waals surface area contributed by atoms with E-state index in [9.17, 15) is 18.0 Å². The Hall–Kier alpha value is -2.78. The van der Waals surface area contributed by atoms with E-state index in [1.165, 1.54) is 12.1 Å². The first kappa shape index (κ1) is 23.4. The molecule has 2 saturated heterocycles. The molecule has 0 bridgehead atoms. The lowest BCUT2D eigenvalue weighted by Crippen LogP contribution is -2.52. The molecular formula is C24H28F3N3O3. The van der Waals surface area contributed by atoms with Gasteiger partial charge in [-0.25, -0.2) is 0 Å². The zero-order valence-electron chi connectivity index (χ0n) is 18.5. The fourth-order valence-corrected chi connectivity index (χ4v) is 4.16. The van der Waals surface area contributed by atoms with Crippen molar-refractivity contribution in [1.29, 1.82) is 0 Å². The molecule has 2 aliphatic rings. The van der Waals surface area contributed by atoms with Crippen LogP contribution < -0.4 is 15.0 Å². The van der Waals surface area contributed by atoms with Crippen molar-refractivity contribution in [2.45, 2.75) is 19.3 Å². The summed E-state index contributed by atoms with van der Waals surface area (Å²) in [6.45, 7) is 3.98. The predicted octanol–water partition coefficient (Wildman–Crippen LogP) is 3.30. The number of carbonyl (C=O) groups is 1. The largest absolute Gasteiger partial charge is 0.489 e. The van der Waals surface area contributed by atoms with Crippen molar-refractivity contribution in [2.24, 2.45) is 5.92 Å². The van der Waals surface area contributed by atoms with Gasteiger partial charge in [0.2, 0.25) is 5.91 Å². The van der Waals surface area contributed by atoms with Crippen LogP contribution in [0.3, 0.4) is 0 Å². The van der Waals surface area contributed by atoms with Gasteiger partial charge >= 0.3 is 6.18 Å². The number of ether oxygens (including phenoxy) is 2. The number of rotatable bonds is 7. The molecule has 33 heavy (non-hydrogen) atoms. The first-order valence-electron chi connectivity index (χ1n) is 11.0. The third-order valence-electron chi connectivity index (χ3n) is 6.03. The van der Waals surface area contributed by atoms with Gasteiger partial charge in [-0.05, 0) is 35.4 Å². The van der Waals surface area contributed by atoms with Crippen molar-refractivity contribution in [3.8, 4) is 5.75 Å². The highest BCUT2D eigenvalue weighted by Crippen LogP contribution is 2.37. The number of morpholine rings is 1. The van der Waals surface area contributed by atoms with Crippen LogP contribution in [0.5, 0.6) is 5.75 Å². The second-order valence-corrected chi connectivity index (χ2v) is 8.39. The average molecular weight is 464 g/mol. The fraction of sp³-hybridized carbons (Fsp3) is 0.458. The Kier molecular flexibility index (Phi) is 7.09. The SMILES string of the molecule is CNC(=O)C1CN(Cc2ccc(OCc3ccc(N4CCOCC4)c(C(F)(F)F)c3)cc2)C1. The summed E-state index contributed by atoms with van der Waals surface area (Å²) in [7, 11) is 1.64. The second kappa shape index (κ2) is 10.0. The summed E-state index contributed by atoms with van der Waals surface area (Å²) >= 11 is 0. The number of nitrogens with one attached hydrogen (secondary N) is 1. The van der Waals surface area contributed by atoms with E-state index in [-0.39, 0.29) is 24.1 Å². The van der Waals surface area contributed by atoms with Gasteiger partial charge in [0, 0.05) is 45.5 Å². The lowest BCUT2D eigenvalue weighted by molar-refractivity contribution is -0.137. The highest BCUT2D eigenvalue weighted by molar-refractivity contribution is 5.79. The minimum absolute atomic E-state index is 0.0474. The highest BCUT2D eigenvalue weighted by Gasteiger charge is 2.35. The quantitative estimate of drug-likeness (QED) is 0.683. The van der Waals surface area contributed by atoms with E-state index in [1.54, 1.807) is 18.0 Å². The maximum atomic E-state index is 13.7. The van der Waals surface area contributed by atoms with E-state index in [0.717, 1.165) is 25.2 Å². The molecule has 9 heteroatoms. The van der Waals surface area contributed by atoms with Crippen LogP contribution in [-0.2, 0) is 28.9 Å². The molecular weight excluding hydrogens is 435 g/mol. The lowest BCUT2D eigenvalue weighted by atomic mass is 9.98. The fourth-order valence-electron chi connectivity index (χ4n) is 4.16. The summed E-state index contributed by atoms with van der Waals surface area (Å²) in [5.41, 5.74) is 1.09. The summed E-state index contributed by atoms with van der Waals surface area (Å²) in [6, 6.07) is 11.9. The van der Waals surface area contributed by atoms with Gasteiger partial charge in [0.25, 0.3) is 0 Å². The maximum absolute atomic E-state index is 13.7. The Morgan fingerprint density at radius 2 is 1.76 bits per heavy atom. The average Bonchev–Trinajstić information content (AvgIpc) is 2.80. The third-order valence-corrected chi connectivity index (χ3v) is 6.03. The highest BCUT2D eigenvalue weighted by atomic mass is 19.4. The van der Waals surface area contributed by atoms with Gasteiger partial charge in [-0.2, -0.15) is 13.2 Å². The Morgan fingerprint density at radius 1 is 1.09 bits per heavy atom. The number of hydrogen-bond donors (Lipinski definition) is 1. The van der Waals surface area contributed by atoms with E-state index in [2.05, 4.69) is 10.2 Å². The van der Waals surface area contributed by atoms with Gasteiger partial charge in [0.15, 0.2) is 0 Å². The van der Waals surface area contributed by atoms with Crippen LogP contribution in [0.2, 0.25) is 0 Å². The number of likely N-dealkylation sites (tertiary alicyclic amines) is 1. The molecule has 4 rings (SSSR count). The van der Waals surface area contributed by atoms with Gasteiger partial charge in [0.05, 0.1) is 24.7 Å². The molecule has 2 fully saturated rings. The van der Waals surface area contributed by atoms with E-state index in [4.69, 9.17) is 9.47 Å². The maximum Gasteiger partial charge on any atom is 0.418 e. The number of hydrogen-bond acceptors (Lipinski definition) is 5. The van der Waals surface area contributed by atoms with Crippen molar-refractivity contribution in [2.75, 3.05) is 51.3 Å². The summed E-state index contributed by atoms with van der Waals surface area (Å²) in [4.78, 5) is 15.5. The standard InChI is InChI=1S/C24H28F3N3O3/c1-28-23(31)19-14-29(15-19)13-17-2-5-20(6-3-17)33-16-18-4-7-22(21(12-18)24(25,26)27)30-8-10-32-11-9-30/h2-7,12,19H,8-11,13-16H2,1H3,(H,28,31). The first-order chi connectivity index (χ1) is 15.8. The molecule has 0 aromatic heterocycles. The van der Waals surface area contributed by atoms with Crippen molar-refractivity contribution in [1.82, 2.24) is 10.2 Å². The molecule has 1 N–H and O–H groups in total. The molecule has 0 atom stereocenters. The smallest absolute Gasteiger partial charge is 0.418 e. The minimum Gasteiger partial charge on any atom is -0.489 e. The molecule has 0 spiro atoms. The summed E-state index contributed by atoms with van der Waals surface area (Å²) in [5.74, 6) is 0.715. The summed E-state index contributed by atoms with van der Waals surface area (Å²) in [6.07, 6.45) is -4.45. The Balaban J connectivity index is 1.34. The molecule has 2 aliphatic heterocycles. The minimum atomic E-state index is -4.45. The van der Waals surface area contributed by atoms with E-state index in [1.807, 2.05) is 24.3 Å². The lowest BCUT2D eigenvalue weighted by Gasteiger charge is -2.38. The van der Waals surface area contributed by atoms with Gasteiger partial charge in [0.1, 0.15) is 12.4 Å². The van der Waals surface area contributed by atoms with E-state index >= 15 is 0 Å². The van der Waals surface area contributed by atoms with Gasteiger partial charge in [-0.15, -0.1) is 0 Å². The number of benzene rings is 2. The van der Waals surface area contributed by atoms with Crippen LogP contribution in [-0.4, -0.2) is 57.2 Å². The van der Waals surface area contributed by atoms with Crippen molar-refractivity contribution < 1.29 is 27.4 Å². The molecule has 178 valence electrons. The van der Waals surface area contributed by atoms with Crippen molar-refractivity contribution >= 4 is 11.6 Å². The molecule has 0 unspecified atom stereocenters. The zero-order chi connectivity index (χ0) is 23.4. The number of nitrogens with zero attached hydrogens (tertiary/aromatic N) is 2. The summed E-state index contributed by atoms with van der Waals surface area (Å²) < 4.78 is 52.1. The monoisotopic (exact) mass is 463 g/mol. The van der Waals surface area contributed by atoms with Crippen LogP contribution in [0.1, 0.15) is 16.7 Å². The van der Waals surface area contributed by atoms with Crippen molar-refractivity contribution in [3.05, 3.63) is 59.2 Å². The second-order valence-electron chi connectivity index (χ2n) is 8.39. The summed E-state index contributed by atoms with van der Waals surface area (Å²) in [5, 5.41) is 2.67. The molecule has 0 saturated carbocycles. The van der Waals surface area contributed by atoms with E-state index < -0.39 is 11.7 Å². The molecule has 6 nitrogen and oxygen atoms in total.